The van der Waals surface area contributed by atoms with Gasteiger partial charge in [-0.1, -0.05) is 49.6 Å². The summed E-state index contributed by atoms with van der Waals surface area (Å²) in [7, 11) is 1.65. The van der Waals surface area contributed by atoms with Gasteiger partial charge in [0.25, 0.3) is 0 Å². The molecule has 7 heteroatoms. The third kappa shape index (κ3) is 5.73. The number of allylic oxidation sites excluding steroid dienone is 1. The van der Waals surface area contributed by atoms with Gasteiger partial charge in [-0.3, -0.25) is 9.59 Å². The van der Waals surface area contributed by atoms with E-state index in [0.29, 0.717) is 30.9 Å². The number of para-hydroxylation sites is 2. The van der Waals surface area contributed by atoms with E-state index in [2.05, 4.69) is 10.6 Å². The van der Waals surface area contributed by atoms with E-state index < -0.39 is 6.04 Å². The molecule has 0 unspecified atom stereocenters. The summed E-state index contributed by atoms with van der Waals surface area (Å²) in [5, 5.41) is 7.23. The van der Waals surface area contributed by atoms with Gasteiger partial charge >= 0.3 is 5.97 Å². The minimum atomic E-state index is -0.400. The van der Waals surface area contributed by atoms with E-state index in [4.69, 9.17) is 14.2 Å². The lowest BCUT2D eigenvalue weighted by molar-refractivity contribution is -0.140. The fourth-order valence-corrected chi connectivity index (χ4v) is 6.44. The highest BCUT2D eigenvalue weighted by Crippen LogP contribution is 2.45. The van der Waals surface area contributed by atoms with Crippen molar-refractivity contribution in [3.63, 3.8) is 0 Å². The molecular weight excluding hydrogens is 528 g/mol. The Morgan fingerprint density at radius 1 is 0.881 bits per heavy atom. The maximum Gasteiger partial charge on any atom is 0.314 e. The number of methoxy groups -OCH3 is 1. The Balaban J connectivity index is 1.35. The second-order valence-electron chi connectivity index (χ2n) is 11.3. The maximum atomic E-state index is 14.0. The van der Waals surface area contributed by atoms with Crippen molar-refractivity contribution in [2.24, 2.45) is 5.92 Å². The molecule has 7 nitrogen and oxygen atoms in total. The van der Waals surface area contributed by atoms with Gasteiger partial charge in [0.2, 0.25) is 0 Å². The summed E-state index contributed by atoms with van der Waals surface area (Å²) in [4.78, 5) is 26.9. The van der Waals surface area contributed by atoms with Gasteiger partial charge in [-0.2, -0.15) is 0 Å². The molecule has 2 atom stereocenters. The van der Waals surface area contributed by atoms with Crippen LogP contribution in [0.1, 0.15) is 75.0 Å². The lowest BCUT2D eigenvalue weighted by Crippen LogP contribution is -2.27. The molecule has 0 spiro atoms. The van der Waals surface area contributed by atoms with Gasteiger partial charge in [0.1, 0.15) is 5.75 Å². The van der Waals surface area contributed by atoms with E-state index in [1.165, 1.54) is 6.42 Å². The standard InChI is InChI=1S/C35H38N2O5/c1-3-41-32-21-24(15-18-31(32)42-35(39)23-9-5-4-6-10-23)34-33-29(36-27-11-7-8-12-28(27)37-34)19-25(20-30(33)38)22-13-16-26(40-2)17-14-22/h7-8,11-18,21,23,25,34,36-37H,3-6,9-10,19-20H2,1-2H3/t25-,34-/m1/s1. The predicted molar refractivity (Wildman–Crippen MR) is 163 cm³/mol. The van der Waals surface area contributed by atoms with Gasteiger partial charge in [0.05, 0.1) is 37.1 Å². The fraction of sp³-hybridized carbons (Fsp3) is 0.371. The van der Waals surface area contributed by atoms with E-state index in [0.717, 1.165) is 65.2 Å². The summed E-state index contributed by atoms with van der Waals surface area (Å²) in [5.74, 6) is 1.63. The quantitative estimate of drug-likeness (QED) is 0.225. The van der Waals surface area contributed by atoms with E-state index >= 15 is 0 Å². The molecule has 0 saturated heterocycles. The number of nitrogens with one attached hydrogen (secondary N) is 2. The molecule has 42 heavy (non-hydrogen) atoms. The molecule has 0 radical (unpaired) electrons. The van der Waals surface area contributed by atoms with Crippen molar-refractivity contribution in [2.45, 2.75) is 63.8 Å². The van der Waals surface area contributed by atoms with Crippen LogP contribution in [0.5, 0.6) is 17.2 Å². The van der Waals surface area contributed by atoms with Gasteiger partial charge in [-0.15, -0.1) is 0 Å². The zero-order valence-corrected chi connectivity index (χ0v) is 24.3. The van der Waals surface area contributed by atoms with Gasteiger partial charge in [0, 0.05) is 17.7 Å². The van der Waals surface area contributed by atoms with Crippen molar-refractivity contribution < 1.29 is 23.8 Å². The van der Waals surface area contributed by atoms with Gasteiger partial charge in [0.15, 0.2) is 17.3 Å². The molecule has 1 saturated carbocycles. The summed E-state index contributed by atoms with van der Waals surface area (Å²) in [5.41, 5.74) is 5.47. The van der Waals surface area contributed by atoms with Crippen LogP contribution in [0.4, 0.5) is 11.4 Å². The average molecular weight is 567 g/mol. The van der Waals surface area contributed by atoms with E-state index in [9.17, 15) is 9.59 Å². The number of ketones is 1. The van der Waals surface area contributed by atoms with Crippen LogP contribution in [-0.2, 0) is 9.59 Å². The SMILES string of the molecule is CCOc1cc([C@H]2Nc3ccccc3NC3=C2C(=O)C[C@H](c2ccc(OC)cc2)C3)ccc1OC(=O)C1CCCCC1. The molecule has 3 aromatic rings. The topological polar surface area (TPSA) is 85.9 Å². The van der Waals surface area contributed by atoms with Crippen molar-refractivity contribution in [1.82, 2.24) is 0 Å². The molecule has 1 fully saturated rings. The molecule has 0 aromatic heterocycles. The number of benzene rings is 3. The second kappa shape index (κ2) is 12.3. The lowest BCUT2D eigenvalue weighted by Gasteiger charge is -2.30. The molecule has 6 rings (SSSR count). The van der Waals surface area contributed by atoms with Gasteiger partial charge in [-0.05, 0) is 79.6 Å². The first-order valence-electron chi connectivity index (χ1n) is 15.0. The van der Waals surface area contributed by atoms with Crippen molar-refractivity contribution in [3.05, 3.63) is 89.1 Å². The Morgan fingerprint density at radius 3 is 2.36 bits per heavy atom. The molecular formula is C35H38N2O5. The van der Waals surface area contributed by atoms with E-state index in [-0.39, 0.29) is 23.6 Å². The van der Waals surface area contributed by atoms with Crippen LogP contribution in [0.3, 0.4) is 0 Å². The largest absolute Gasteiger partial charge is 0.497 e. The lowest BCUT2D eigenvalue weighted by atomic mass is 9.78. The summed E-state index contributed by atoms with van der Waals surface area (Å²) < 4.78 is 17.2. The van der Waals surface area contributed by atoms with Crippen LogP contribution in [0.15, 0.2) is 78.0 Å². The Bertz CT molecular complexity index is 1490. The Hall–Kier alpha value is -4.26. The Kier molecular flexibility index (Phi) is 8.17. The van der Waals surface area contributed by atoms with Crippen LogP contribution < -0.4 is 24.8 Å². The monoisotopic (exact) mass is 566 g/mol. The number of hydrogen-bond acceptors (Lipinski definition) is 7. The highest BCUT2D eigenvalue weighted by Gasteiger charge is 2.36. The van der Waals surface area contributed by atoms with Gasteiger partial charge < -0.3 is 24.8 Å². The third-order valence-corrected chi connectivity index (χ3v) is 8.65. The van der Waals surface area contributed by atoms with Gasteiger partial charge in [-0.25, -0.2) is 0 Å². The van der Waals surface area contributed by atoms with Crippen molar-refractivity contribution in [3.8, 4) is 17.2 Å². The molecule has 1 aliphatic heterocycles. The van der Waals surface area contributed by atoms with Crippen LogP contribution in [0.25, 0.3) is 0 Å². The molecule has 0 bridgehead atoms. The minimum Gasteiger partial charge on any atom is -0.497 e. The van der Waals surface area contributed by atoms with Crippen LogP contribution in [0.2, 0.25) is 0 Å². The van der Waals surface area contributed by atoms with E-state index in [1.54, 1.807) is 13.2 Å². The molecule has 1 heterocycles. The Morgan fingerprint density at radius 2 is 1.62 bits per heavy atom. The summed E-state index contributed by atoms with van der Waals surface area (Å²) >= 11 is 0. The average Bonchev–Trinajstić information content (AvgIpc) is 3.19. The normalized spacial score (nSPS) is 20.4. The molecule has 3 aromatic carbocycles. The number of rotatable bonds is 7. The molecule has 2 aliphatic carbocycles. The number of carbonyl (C=O) groups is 2. The highest BCUT2D eigenvalue weighted by molar-refractivity contribution is 6.01. The number of fused-ring (bicyclic) bond motifs is 1. The van der Waals surface area contributed by atoms with Crippen molar-refractivity contribution in [2.75, 3.05) is 24.4 Å². The van der Waals surface area contributed by atoms with Crippen LogP contribution in [-0.4, -0.2) is 25.5 Å². The second-order valence-corrected chi connectivity index (χ2v) is 11.3. The van der Waals surface area contributed by atoms with Crippen molar-refractivity contribution >= 4 is 23.1 Å². The Labute approximate surface area is 247 Å². The van der Waals surface area contributed by atoms with Crippen LogP contribution in [0, 0.1) is 5.92 Å². The maximum absolute atomic E-state index is 14.0. The number of esters is 1. The summed E-state index contributed by atoms with van der Waals surface area (Å²) in [6.07, 6.45) is 6.15. The third-order valence-electron chi connectivity index (χ3n) is 8.65. The smallest absolute Gasteiger partial charge is 0.314 e. The summed E-state index contributed by atoms with van der Waals surface area (Å²) in [6.45, 7) is 2.34. The molecule has 2 N–H and O–H groups in total. The zero-order valence-electron chi connectivity index (χ0n) is 24.3. The molecule has 0 amide bonds. The van der Waals surface area contributed by atoms with Crippen molar-refractivity contribution in [1.29, 1.82) is 0 Å². The number of ether oxygens (including phenoxy) is 3. The number of anilines is 2. The molecule has 218 valence electrons. The first kappa shape index (κ1) is 27.9. The number of carbonyl (C=O) groups excluding carboxylic acids is 2. The first-order chi connectivity index (χ1) is 20.5. The zero-order chi connectivity index (χ0) is 29.1. The van der Waals surface area contributed by atoms with Crippen LogP contribution >= 0.6 is 0 Å². The minimum absolute atomic E-state index is 0.0566. The molecule has 3 aliphatic rings. The first-order valence-corrected chi connectivity index (χ1v) is 15.0. The number of hydrogen-bond donors (Lipinski definition) is 2. The predicted octanol–water partition coefficient (Wildman–Crippen LogP) is 7.56. The summed E-state index contributed by atoms with van der Waals surface area (Å²) in [6, 6.07) is 21.2. The number of Topliss-reactive ketones (excluding diaryl/α,β-unsaturated/α-hetero) is 1. The fourth-order valence-electron chi connectivity index (χ4n) is 6.44. The van der Waals surface area contributed by atoms with E-state index in [1.807, 2.05) is 67.6 Å². The highest BCUT2D eigenvalue weighted by atomic mass is 16.6.